The average molecular weight is 316 g/mol. The van der Waals surface area contributed by atoms with E-state index in [4.69, 9.17) is 0 Å². The molecule has 1 N–H and O–H groups in total. The number of pyridine rings is 1. The van der Waals surface area contributed by atoms with E-state index in [9.17, 15) is 4.79 Å². The Kier molecular flexibility index (Phi) is 4.32. The quantitative estimate of drug-likeness (QED) is 0.784. The second-order valence-corrected chi connectivity index (χ2v) is 6.02. The molecule has 7 heteroatoms. The summed E-state index contributed by atoms with van der Waals surface area (Å²) in [6.45, 7) is 0. The van der Waals surface area contributed by atoms with Gasteiger partial charge in [-0.15, -0.1) is 22.7 Å². The molecule has 0 saturated heterocycles. The first-order valence-electron chi connectivity index (χ1n) is 6.35. The van der Waals surface area contributed by atoms with Crippen LogP contribution in [0.2, 0.25) is 0 Å². The van der Waals surface area contributed by atoms with Crippen molar-refractivity contribution in [2.45, 2.75) is 12.8 Å². The van der Waals surface area contributed by atoms with E-state index in [0.29, 0.717) is 18.0 Å². The van der Waals surface area contributed by atoms with Gasteiger partial charge in [-0.1, -0.05) is 0 Å². The summed E-state index contributed by atoms with van der Waals surface area (Å²) in [7, 11) is 0. The van der Waals surface area contributed by atoms with Gasteiger partial charge in [0.1, 0.15) is 5.01 Å². The molecule has 0 atom stereocenters. The Hall–Kier alpha value is -2.12. The number of thiazole rings is 2. The first-order chi connectivity index (χ1) is 10.3. The monoisotopic (exact) mass is 316 g/mol. The van der Waals surface area contributed by atoms with Crippen LogP contribution in [0.1, 0.15) is 12.1 Å². The third-order valence-electron chi connectivity index (χ3n) is 2.75. The first kappa shape index (κ1) is 13.8. The highest BCUT2D eigenvalue weighted by Gasteiger charge is 2.08. The van der Waals surface area contributed by atoms with Crippen molar-refractivity contribution in [2.75, 3.05) is 5.32 Å². The minimum absolute atomic E-state index is 0.0409. The molecule has 3 aromatic heterocycles. The molecule has 3 heterocycles. The molecule has 0 aromatic carbocycles. The number of aromatic nitrogens is 3. The molecule has 0 spiro atoms. The Morgan fingerprint density at radius 3 is 3.00 bits per heavy atom. The lowest BCUT2D eigenvalue weighted by Gasteiger charge is -1.99. The predicted octanol–water partition coefficient (Wildman–Crippen LogP) is 3.23. The number of aryl methyl sites for hydroxylation is 1. The van der Waals surface area contributed by atoms with Crippen LogP contribution in [0.3, 0.4) is 0 Å². The fourth-order valence-electron chi connectivity index (χ4n) is 1.75. The van der Waals surface area contributed by atoms with Crippen molar-refractivity contribution in [1.82, 2.24) is 15.0 Å². The van der Waals surface area contributed by atoms with E-state index in [0.717, 1.165) is 16.3 Å². The lowest BCUT2D eigenvalue weighted by atomic mass is 10.2. The van der Waals surface area contributed by atoms with Gasteiger partial charge in [-0.3, -0.25) is 9.78 Å². The summed E-state index contributed by atoms with van der Waals surface area (Å²) in [5, 5.41) is 8.14. The molecular weight excluding hydrogens is 304 g/mol. The zero-order chi connectivity index (χ0) is 14.5. The molecule has 0 bridgehead atoms. The summed E-state index contributed by atoms with van der Waals surface area (Å²) in [6.07, 6.45) is 6.21. The largest absolute Gasteiger partial charge is 0.302 e. The van der Waals surface area contributed by atoms with E-state index in [1.807, 2.05) is 22.9 Å². The molecular formula is C14H12N4OS2. The minimum Gasteiger partial charge on any atom is -0.302 e. The van der Waals surface area contributed by atoms with Gasteiger partial charge in [-0.2, -0.15) is 0 Å². The number of carbonyl (C=O) groups excluding carboxylic acids is 1. The summed E-state index contributed by atoms with van der Waals surface area (Å²) in [6, 6.07) is 3.86. The molecule has 21 heavy (non-hydrogen) atoms. The Labute approximate surface area is 129 Å². The highest BCUT2D eigenvalue weighted by molar-refractivity contribution is 7.13. The van der Waals surface area contributed by atoms with Crippen molar-refractivity contribution in [3.63, 3.8) is 0 Å². The van der Waals surface area contributed by atoms with Gasteiger partial charge >= 0.3 is 0 Å². The highest BCUT2D eigenvalue weighted by Crippen LogP contribution is 2.23. The second-order valence-electron chi connectivity index (χ2n) is 4.27. The van der Waals surface area contributed by atoms with Gasteiger partial charge in [-0.05, 0) is 18.6 Å². The van der Waals surface area contributed by atoms with E-state index >= 15 is 0 Å². The number of hydrogen-bond acceptors (Lipinski definition) is 6. The molecule has 0 aliphatic carbocycles. The Morgan fingerprint density at radius 1 is 1.29 bits per heavy atom. The standard InChI is InChI=1S/C14H12N4OS2/c19-12(18-14-16-6-7-20-14)4-3-11-9-21-13(17-11)10-2-1-5-15-8-10/h1-2,5-9H,3-4H2,(H,16,18,19). The van der Waals surface area contributed by atoms with Crippen molar-refractivity contribution in [3.8, 4) is 10.6 Å². The van der Waals surface area contributed by atoms with Crippen LogP contribution in [0.4, 0.5) is 5.13 Å². The van der Waals surface area contributed by atoms with Crippen LogP contribution in [0, 0.1) is 0 Å². The van der Waals surface area contributed by atoms with Crippen LogP contribution < -0.4 is 5.32 Å². The summed E-state index contributed by atoms with van der Waals surface area (Å²) >= 11 is 2.98. The zero-order valence-corrected chi connectivity index (χ0v) is 12.7. The number of nitrogens with one attached hydrogen (secondary N) is 1. The Morgan fingerprint density at radius 2 is 2.24 bits per heavy atom. The van der Waals surface area contributed by atoms with E-state index in [-0.39, 0.29) is 5.91 Å². The molecule has 3 aromatic rings. The van der Waals surface area contributed by atoms with E-state index in [1.165, 1.54) is 11.3 Å². The normalized spacial score (nSPS) is 10.5. The molecule has 1 amide bonds. The Balaban J connectivity index is 1.56. The van der Waals surface area contributed by atoms with Gasteiger partial charge in [0.25, 0.3) is 0 Å². The van der Waals surface area contributed by atoms with Crippen LogP contribution in [-0.2, 0) is 11.2 Å². The summed E-state index contributed by atoms with van der Waals surface area (Å²) in [5.74, 6) is -0.0409. The van der Waals surface area contributed by atoms with Crippen LogP contribution in [0.25, 0.3) is 10.6 Å². The maximum atomic E-state index is 11.8. The van der Waals surface area contributed by atoms with Crippen molar-refractivity contribution < 1.29 is 4.79 Å². The fraction of sp³-hybridized carbons (Fsp3) is 0.143. The van der Waals surface area contributed by atoms with E-state index in [1.54, 1.807) is 29.9 Å². The fourth-order valence-corrected chi connectivity index (χ4v) is 3.14. The molecule has 0 saturated carbocycles. The number of anilines is 1. The molecule has 3 rings (SSSR count). The molecule has 5 nitrogen and oxygen atoms in total. The lowest BCUT2D eigenvalue weighted by Crippen LogP contribution is -2.12. The first-order valence-corrected chi connectivity index (χ1v) is 8.11. The predicted molar refractivity (Wildman–Crippen MR) is 84.4 cm³/mol. The number of nitrogens with zero attached hydrogens (tertiary/aromatic N) is 3. The Bertz CT molecular complexity index is 710. The molecule has 0 aliphatic rings. The average Bonchev–Trinajstić information content (AvgIpc) is 3.17. The molecule has 0 aliphatic heterocycles. The molecule has 0 fully saturated rings. The van der Waals surface area contributed by atoms with Gasteiger partial charge in [0.15, 0.2) is 5.13 Å². The number of amides is 1. The molecule has 0 unspecified atom stereocenters. The van der Waals surface area contributed by atoms with Gasteiger partial charge in [0, 0.05) is 41.3 Å². The summed E-state index contributed by atoms with van der Waals surface area (Å²) in [5.41, 5.74) is 1.93. The lowest BCUT2D eigenvalue weighted by molar-refractivity contribution is -0.116. The summed E-state index contributed by atoms with van der Waals surface area (Å²) in [4.78, 5) is 24.4. The van der Waals surface area contributed by atoms with Gasteiger partial charge < -0.3 is 5.32 Å². The third-order valence-corrected chi connectivity index (χ3v) is 4.38. The van der Waals surface area contributed by atoms with Crippen molar-refractivity contribution in [2.24, 2.45) is 0 Å². The van der Waals surface area contributed by atoms with Crippen molar-refractivity contribution in [1.29, 1.82) is 0 Å². The number of rotatable bonds is 5. The second kappa shape index (κ2) is 6.55. The van der Waals surface area contributed by atoms with Gasteiger partial charge in [-0.25, -0.2) is 9.97 Å². The SMILES string of the molecule is O=C(CCc1csc(-c2cccnc2)n1)Nc1nccs1. The van der Waals surface area contributed by atoms with E-state index in [2.05, 4.69) is 20.3 Å². The smallest absolute Gasteiger partial charge is 0.226 e. The zero-order valence-electron chi connectivity index (χ0n) is 11.0. The topological polar surface area (TPSA) is 67.8 Å². The summed E-state index contributed by atoms with van der Waals surface area (Å²) < 4.78 is 0. The molecule has 0 radical (unpaired) electrons. The van der Waals surface area contributed by atoms with Crippen LogP contribution >= 0.6 is 22.7 Å². The van der Waals surface area contributed by atoms with Crippen LogP contribution in [0.5, 0.6) is 0 Å². The van der Waals surface area contributed by atoms with Crippen LogP contribution in [-0.4, -0.2) is 20.9 Å². The third kappa shape index (κ3) is 3.71. The number of carbonyl (C=O) groups is 1. The maximum absolute atomic E-state index is 11.8. The van der Waals surface area contributed by atoms with Gasteiger partial charge in [0.05, 0.1) is 5.69 Å². The maximum Gasteiger partial charge on any atom is 0.226 e. The minimum atomic E-state index is -0.0409. The molecule has 106 valence electrons. The van der Waals surface area contributed by atoms with Crippen molar-refractivity contribution in [3.05, 3.63) is 47.2 Å². The van der Waals surface area contributed by atoms with E-state index < -0.39 is 0 Å². The highest BCUT2D eigenvalue weighted by atomic mass is 32.1. The van der Waals surface area contributed by atoms with Crippen molar-refractivity contribution >= 4 is 33.7 Å². The van der Waals surface area contributed by atoms with Gasteiger partial charge in [0.2, 0.25) is 5.91 Å². The van der Waals surface area contributed by atoms with Crippen LogP contribution in [0.15, 0.2) is 41.5 Å². The number of hydrogen-bond donors (Lipinski definition) is 1.